The Morgan fingerprint density at radius 1 is 1.03 bits per heavy atom. The van der Waals surface area contributed by atoms with Gasteiger partial charge in [-0.15, -0.1) is 0 Å². The number of nitrogens with zero attached hydrogens (tertiary/aromatic N) is 2. The third kappa shape index (κ3) is 3.15. The highest BCUT2D eigenvalue weighted by Crippen LogP contribution is 2.54. The molecule has 5 atom stereocenters. The number of halogens is 1. The first kappa shape index (κ1) is 19.0. The summed E-state index contributed by atoms with van der Waals surface area (Å²) in [5, 5.41) is 0. The van der Waals surface area contributed by atoms with Crippen LogP contribution in [0.1, 0.15) is 24.4 Å². The molecule has 0 N–H and O–H groups in total. The molecule has 152 valence electrons. The molecule has 1 saturated carbocycles. The molecule has 7 heteroatoms. The highest BCUT2D eigenvalue weighted by molar-refractivity contribution is 9.10. The maximum absolute atomic E-state index is 13.3. The van der Waals surface area contributed by atoms with Crippen LogP contribution in [0, 0.1) is 23.7 Å². The second-order valence-electron chi connectivity index (χ2n) is 8.31. The van der Waals surface area contributed by atoms with Gasteiger partial charge >= 0.3 is 0 Å². The van der Waals surface area contributed by atoms with Crippen molar-refractivity contribution in [1.82, 2.24) is 9.80 Å². The number of likely N-dealkylation sites (tertiary alicyclic amines) is 1. The fourth-order valence-corrected chi connectivity index (χ4v) is 5.65. The number of benzene rings is 1. The van der Waals surface area contributed by atoms with Gasteiger partial charge in [-0.25, -0.2) is 0 Å². The Kier molecular flexibility index (Phi) is 4.82. The molecule has 3 amide bonds. The number of imide groups is 1. The van der Waals surface area contributed by atoms with Gasteiger partial charge in [0.25, 0.3) is 0 Å². The van der Waals surface area contributed by atoms with Gasteiger partial charge in [-0.3, -0.25) is 19.3 Å². The van der Waals surface area contributed by atoms with Crippen molar-refractivity contribution in [2.45, 2.75) is 18.9 Å². The van der Waals surface area contributed by atoms with Crippen molar-refractivity contribution in [3.05, 3.63) is 46.5 Å². The molecular formula is C22H23BrN2O4. The van der Waals surface area contributed by atoms with E-state index in [9.17, 15) is 14.4 Å². The molecule has 2 saturated heterocycles. The molecule has 5 unspecified atom stereocenters. The zero-order valence-corrected chi connectivity index (χ0v) is 17.6. The van der Waals surface area contributed by atoms with E-state index in [0.29, 0.717) is 26.3 Å². The maximum atomic E-state index is 13.3. The zero-order chi connectivity index (χ0) is 20.1. The highest BCUT2D eigenvalue weighted by Gasteiger charge is 2.60. The summed E-state index contributed by atoms with van der Waals surface area (Å²) in [5.41, 5.74) is 0.816. The van der Waals surface area contributed by atoms with Crippen molar-refractivity contribution in [2.75, 3.05) is 26.3 Å². The van der Waals surface area contributed by atoms with Crippen LogP contribution in [0.25, 0.3) is 0 Å². The smallest absolute Gasteiger partial charge is 0.234 e. The fourth-order valence-electron chi connectivity index (χ4n) is 5.38. The molecule has 2 aliphatic heterocycles. The SMILES string of the molecule is O=C(CC(c1ccc(Br)cc1)N1C(=O)C2C3C=CC(C3)C2C1=O)N1CCOCC1. The molecule has 0 spiro atoms. The van der Waals surface area contributed by atoms with E-state index >= 15 is 0 Å². The Morgan fingerprint density at radius 3 is 2.21 bits per heavy atom. The number of carbonyl (C=O) groups is 3. The monoisotopic (exact) mass is 458 g/mol. The van der Waals surface area contributed by atoms with Crippen LogP contribution in [0.3, 0.4) is 0 Å². The number of hydrogen-bond acceptors (Lipinski definition) is 4. The second kappa shape index (κ2) is 7.36. The van der Waals surface area contributed by atoms with Gasteiger partial charge in [0.15, 0.2) is 0 Å². The van der Waals surface area contributed by atoms with E-state index in [-0.39, 0.29) is 47.8 Å². The van der Waals surface area contributed by atoms with Crippen LogP contribution in [0.4, 0.5) is 0 Å². The lowest BCUT2D eigenvalue weighted by Crippen LogP contribution is -2.44. The maximum Gasteiger partial charge on any atom is 0.234 e. The summed E-state index contributed by atoms with van der Waals surface area (Å²) < 4.78 is 6.26. The van der Waals surface area contributed by atoms with Crippen LogP contribution in [-0.4, -0.2) is 53.8 Å². The molecular weight excluding hydrogens is 436 g/mol. The van der Waals surface area contributed by atoms with Crippen LogP contribution < -0.4 is 0 Å². The summed E-state index contributed by atoms with van der Waals surface area (Å²) in [5.74, 6) is -0.458. The number of fused-ring (bicyclic) bond motifs is 5. The summed E-state index contributed by atoms with van der Waals surface area (Å²) in [6.45, 7) is 2.14. The minimum atomic E-state index is -0.566. The van der Waals surface area contributed by atoms with Gasteiger partial charge in [0.05, 0.1) is 37.5 Å². The van der Waals surface area contributed by atoms with E-state index in [1.807, 2.05) is 24.3 Å². The molecule has 1 aromatic rings. The molecule has 0 aromatic heterocycles. The van der Waals surface area contributed by atoms with Gasteiger partial charge < -0.3 is 9.64 Å². The topological polar surface area (TPSA) is 66.9 Å². The first-order valence-corrected chi connectivity index (χ1v) is 11.0. The zero-order valence-electron chi connectivity index (χ0n) is 16.0. The number of morpholine rings is 1. The van der Waals surface area contributed by atoms with Crippen molar-refractivity contribution < 1.29 is 19.1 Å². The van der Waals surface area contributed by atoms with E-state index < -0.39 is 6.04 Å². The predicted octanol–water partition coefficient (Wildman–Crippen LogP) is 2.55. The van der Waals surface area contributed by atoms with Gasteiger partial charge in [-0.05, 0) is 36.0 Å². The fraction of sp³-hybridized carbons (Fsp3) is 0.500. The molecule has 1 aromatic carbocycles. The summed E-state index contributed by atoms with van der Waals surface area (Å²) in [6, 6.07) is 6.99. The van der Waals surface area contributed by atoms with Gasteiger partial charge in [0.2, 0.25) is 17.7 Å². The lowest BCUT2D eigenvalue weighted by atomic mass is 9.85. The van der Waals surface area contributed by atoms with Crippen molar-refractivity contribution in [3.63, 3.8) is 0 Å². The third-order valence-corrected chi connectivity index (χ3v) is 7.33. The van der Waals surface area contributed by atoms with E-state index in [0.717, 1.165) is 16.5 Å². The summed E-state index contributed by atoms with van der Waals surface area (Å²) >= 11 is 3.43. The minimum Gasteiger partial charge on any atom is -0.378 e. The lowest BCUT2D eigenvalue weighted by Gasteiger charge is -2.32. The first-order chi connectivity index (χ1) is 14.0. The van der Waals surface area contributed by atoms with Crippen LogP contribution in [0.2, 0.25) is 0 Å². The first-order valence-electron chi connectivity index (χ1n) is 10.2. The lowest BCUT2D eigenvalue weighted by molar-refractivity contribution is -0.146. The normalized spacial score (nSPS) is 31.5. The Hall–Kier alpha value is -1.99. The molecule has 6 nitrogen and oxygen atoms in total. The molecule has 29 heavy (non-hydrogen) atoms. The molecule has 5 rings (SSSR count). The number of carbonyl (C=O) groups excluding carboxylic acids is 3. The Labute approximate surface area is 178 Å². The van der Waals surface area contributed by atoms with Crippen LogP contribution >= 0.6 is 15.9 Å². The number of amides is 3. The molecule has 2 bridgehead atoms. The Morgan fingerprint density at radius 2 is 1.62 bits per heavy atom. The Bertz CT molecular complexity index is 847. The quantitative estimate of drug-likeness (QED) is 0.513. The van der Waals surface area contributed by atoms with Gasteiger partial charge in [0.1, 0.15) is 0 Å². The summed E-state index contributed by atoms with van der Waals surface area (Å²) in [4.78, 5) is 42.9. The predicted molar refractivity (Wildman–Crippen MR) is 108 cm³/mol. The molecule has 3 fully saturated rings. The Balaban J connectivity index is 1.45. The highest BCUT2D eigenvalue weighted by atomic mass is 79.9. The van der Waals surface area contributed by atoms with E-state index in [1.54, 1.807) is 4.90 Å². The van der Waals surface area contributed by atoms with E-state index in [1.165, 1.54) is 4.90 Å². The summed E-state index contributed by atoms with van der Waals surface area (Å²) in [7, 11) is 0. The van der Waals surface area contributed by atoms with Crippen molar-refractivity contribution in [1.29, 1.82) is 0 Å². The molecule has 0 radical (unpaired) electrons. The second-order valence-corrected chi connectivity index (χ2v) is 9.23. The van der Waals surface area contributed by atoms with E-state index in [2.05, 4.69) is 28.1 Å². The summed E-state index contributed by atoms with van der Waals surface area (Å²) in [6.07, 6.45) is 5.19. The van der Waals surface area contributed by atoms with Gasteiger partial charge in [0, 0.05) is 17.6 Å². The number of rotatable bonds is 4. The van der Waals surface area contributed by atoms with Crippen LogP contribution in [0.5, 0.6) is 0 Å². The molecule has 2 heterocycles. The number of ether oxygens (including phenoxy) is 1. The van der Waals surface area contributed by atoms with Gasteiger partial charge in [-0.1, -0.05) is 40.2 Å². The average molecular weight is 459 g/mol. The minimum absolute atomic E-state index is 0.0417. The molecule has 2 aliphatic carbocycles. The molecule has 4 aliphatic rings. The van der Waals surface area contributed by atoms with Crippen molar-refractivity contribution in [2.24, 2.45) is 23.7 Å². The number of hydrogen-bond donors (Lipinski definition) is 0. The largest absolute Gasteiger partial charge is 0.378 e. The van der Waals surface area contributed by atoms with E-state index in [4.69, 9.17) is 4.74 Å². The number of allylic oxidation sites excluding steroid dienone is 2. The van der Waals surface area contributed by atoms with Gasteiger partial charge in [-0.2, -0.15) is 0 Å². The average Bonchev–Trinajstić information content (AvgIpc) is 3.42. The standard InChI is InChI=1S/C22H23BrN2O4/c23-16-5-3-13(4-6-16)17(12-18(26)24-7-9-29-10-8-24)25-21(27)19-14-1-2-15(11-14)20(19)22(25)28/h1-6,14-15,17,19-20H,7-12H2. The van der Waals surface area contributed by atoms with Crippen LogP contribution in [-0.2, 0) is 19.1 Å². The third-order valence-electron chi connectivity index (χ3n) is 6.80. The van der Waals surface area contributed by atoms with Crippen molar-refractivity contribution >= 4 is 33.7 Å². The van der Waals surface area contributed by atoms with Crippen molar-refractivity contribution in [3.8, 4) is 0 Å². The van der Waals surface area contributed by atoms with Crippen LogP contribution in [0.15, 0.2) is 40.9 Å².